The Morgan fingerprint density at radius 2 is 1.40 bits per heavy atom. The van der Waals surface area contributed by atoms with Crippen LogP contribution in [-0.2, 0) is 0 Å². The number of nitrogens with zero attached hydrogens (tertiary/aromatic N) is 5. The first-order valence-electron chi connectivity index (χ1n) is 14.7. The lowest BCUT2D eigenvalue weighted by atomic mass is 9.33. The molecular weight excluding hydrogens is 549 g/mol. The number of benzene rings is 6. The minimum atomic E-state index is -0.0162. The van der Waals surface area contributed by atoms with Crippen LogP contribution in [-0.4, -0.2) is 11.3 Å². The predicted octanol–water partition coefficient (Wildman–Crippen LogP) is 7.36. The molecule has 5 nitrogen and oxygen atoms in total. The van der Waals surface area contributed by atoms with Crippen molar-refractivity contribution in [3.05, 3.63) is 144 Å². The van der Waals surface area contributed by atoms with E-state index in [9.17, 15) is 10.5 Å². The van der Waals surface area contributed by atoms with Gasteiger partial charge in [-0.15, -0.1) is 0 Å². The summed E-state index contributed by atoms with van der Waals surface area (Å²) in [6.07, 6.45) is 0. The fraction of sp³-hybridized carbons (Fsp3) is 0. The molecule has 204 valence electrons. The quantitative estimate of drug-likeness (QED) is 0.162. The van der Waals surface area contributed by atoms with Crippen LogP contribution in [0.2, 0.25) is 0 Å². The van der Waals surface area contributed by atoms with E-state index < -0.39 is 0 Å². The van der Waals surface area contributed by atoms with Crippen molar-refractivity contribution in [3.63, 3.8) is 0 Å². The maximum Gasteiger partial charge on any atom is 0.252 e. The van der Waals surface area contributed by atoms with Crippen LogP contribution in [0.4, 0.5) is 22.7 Å². The fourth-order valence-electron chi connectivity index (χ4n) is 7.53. The van der Waals surface area contributed by atoms with Gasteiger partial charge in [-0.2, -0.15) is 10.5 Å². The second-order valence-electron chi connectivity index (χ2n) is 11.4. The first-order valence-corrected chi connectivity index (χ1v) is 14.7. The summed E-state index contributed by atoms with van der Waals surface area (Å²) in [5, 5.41) is 22.3. The monoisotopic (exact) mass is 569 g/mol. The van der Waals surface area contributed by atoms with Gasteiger partial charge in [0.1, 0.15) is 0 Å². The van der Waals surface area contributed by atoms with Crippen molar-refractivity contribution in [2.75, 3.05) is 4.90 Å². The zero-order valence-corrected chi connectivity index (χ0v) is 23.9. The van der Waals surface area contributed by atoms with E-state index in [2.05, 4.69) is 117 Å². The van der Waals surface area contributed by atoms with Crippen LogP contribution < -0.4 is 21.3 Å². The maximum atomic E-state index is 10.3. The molecule has 45 heavy (non-hydrogen) atoms. The van der Waals surface area contributed by atoms with E-state index in [-0.39, 0.29) is 12.4 Å². The number of nitriles is 2. The lowest BCUT2D eigenvalue weighted by molar-refractivity contribution is 1.18. The Bertz CT molecular complexity index is 2510. The smallest absolute Gasteiger partial charge is 0.252 e. The Hall–Kier alpha value is -6.55. The summed E-state index contributed by atoms with van der Waals surface area (Å²) >= 11 is 0. The summed E-state index contributed by atoms with van der Waals surface area (Å²) in [6, 6.07) is 45.9. The molecule has 6 heteroatoms. The van der Waals surface area contributed by atoms with Crippen molar-refractivity contribution >= 4 is 67.7 Å². The topological polar surface area (TPSA) is 60.1 Å². The molecule has 7 aromatic rings. The number of hydrogen-bond donors (Lipinski definition) is 0. The van der Waals surface area contributed by atoms with Gasteiger partial charge in [0.05, 0.1) is 29.8 Å². The molecular formula is C39H20BN5. The van der Waals surface area contributed by atoms with Crippen LogP contribution >= 0.6 is 0 Å². The van der Waals surface area contributed by atoms with Crippen molar-refractivity contribution in [1.29, 1.82) is 10.5 Å². The van der Waals surface area contributed by atoms with Gasteiger partial charge in [0.25, 0.3) is 6.71 Å². The van der Waals surface area contributed by atoms with Crippen LogP contribution in [0.3, 0.4) is 0 Å². The number of anilines is 3. The van der Waals surface area contributed by atoms with E-state index in [1.807, 2.05) is 18.2 Å². The molecule has 2 aliphatic rings. The van der Waals surface area contributed by atoms with Gasteiger partial charge in [0, 0.05) is 50.2 Å². The molecule has 6 aromatic carbocycles. The van der Waals surface area contributed by atoms with E-state index in [1.165, 1.54) is 32.7 Å². The van der Waals surface area contributed by atoms with Crippen LogP contribution in [0.1, 0.15) is 11.1 Å². The zero-order chi connectivity index (χ0) is 30.2. The molecule has 0 amide bonds. The van der Waals surface area contributed by atoms with Gasteiger partial charge >= 0.3 is 0 Å². The summed E-state index contributed by atoms with van der Waals surface area (Å²) in [5.41, 5.74) is 12.3. The Morgan fingerprint density at radius 1 is 0.667 bits per heavy atom. The molecule has 0 N–H and O–H groups in total. The number of rotatable bonds is 2. The lowest BCUT2D eigenvalue weighted by Crippen LogP contribution is -2.60. The Kier molecular flexibility index (Phi) is 5.12. The Balaban J connectivity index is 1.50. The fourth-order valence-corrected chi connectivity index (χ4v) is 7.53. The zero-order valence-electron chi connectivity index (χ0n) is 23.9. The van der Waals surface area contributed by atoms with Gasteiger partial charge in [-0.1, -0.05) is 72.8 Å². The number of hydrogen-bond acceptors (Lipinski definition) is 3. The van der Waals surface area contributed by atoms with E-state index in [4.69, 9.17) is 6.57 Å². The van der Waals surface area contributed by atoms with E-state index >= 15 is 0 Å². The van der Waals surface area contributed by atoms with Crippen molar-refractivity contribution in [3.8, 4) is 29.0 Å². The Labute approximate surface area is 259 Å². The highest BCUT2D eigenvalue weighted by Crippen LogP contribution is 2.45. The molecule has 0 saturated heterocycles. The van der Waals surface area contributed by atoms with Crippen LogP contribution in [0, 0.1) is 29.2 Å². The van der Waals surface area contributed by atoms with Crippen molar-refractivity contribution in [1.82, 2.24) is 4.57 Å². The highest BCUT2D eigenvalue weighted by atomic mass is 15.2. The second kappa shape index (κ2) is 9.23. The number of fused-ring (bicyclic) bond motifs is 7. The third-order valence-corrected chi connectivity index (χ3v) is 9.22. The van der Waals surface area contributed by atoms with Crippen LogP contribution in [0.5, 0.6) is 0 Å². The first-order chi connectivity index (χ1) is 22.2. The molecule has 0 fully saturated rings. The third kappa shape index (κ3) is 3.30. The molecule has 2 aliphatic heterocycles. The maximum absolute atomic E-state index is 10.3. The molecule has 3 heterocycles. The summed E-state index contributed by atoms with van der Waals surface area (Å²) in [5.74, 6) is 0. The molecule has 0 unspecified atom stereocenters. The minimum Gasteiger partial charge on any atom is -0.311 e. The molecule has 0 bridgehead atoms. The molecule has 0 atom stereocenters. The SMILES string of the molecule is [C-]#[N+]c1cc(C#N)cc(C#N)c1-c1cc2c3c(c1)-n1c4ccccc4c4cccc(c41)B3c1ccccc1N2c1ccccc1. The average Bonchev–Trinajstić information content (AvgIpc) is 3.44. The van der Waals surface area contributed by atoms with E-state index in [0.717, 1.165) is 33.8 Å². The molecule has 0 aliphatic carbocycles. The first kappa shape index (κ1) is 25.0. The predicted molar refractivity (Wildman–Crippen MR) is 181 cm³/mol. The van der Waals surface area contributed by atoms with Crippen molar-refractivity contribution in [2.24, 2.45) is 0 Å². The van der Waals surface area contributed by atoms with Crippen molar-refractivity contribution in [2.45, 2.75) is 0 Å². The van der Waals surface area contributed by atoms with Gasteiger partial charge in [0.2, 0.25) is 0 Å². The minimum absolute atomic E-state index is 0.0162. The normalized spacial score (nSPS) is 12.3. The highest BCUT2D eigenvalue weighted by Gasteiger charge is 2.42. The van der Waals surface area contributed by atoms with E-state index in [1.54, 1.807) is 12.1 Å². The van der Waals surface area contributed by atoms with Gasteiger partial charge in [-0.3, -0.25) is 0 Å². The standard InChI is InChI=1S/C39H20BN5/c1-43-32-19-24(22-41)18-26(23-42)37(32)25-20-35-38-36(21-25)45-33-16-7-5-12-28(33)29-13-9-15-31(39(29)45)40(38)30-14-6-8-17-34(30)44(35)27-10-3-2-4-11-27/h2-21H. The van der Waals surface area contributed by atoms with Gasteiger partial charge in [0.15, 0.2) is 5.69 Å². The average molecular weight is 569 g/mol. The molecule has 0 radical (unpaired) electrons. The van der Waals surface area contributed by atoms with Gasteiger partial charge in [-0.05, 0) is 70.5 Å². The number of aromatic nitrogens is 1. The summed E-state index contributed by atoms with van der Waals surface area (Å²) in [7, 11) is 0. The molecule has 9 rings (SSSR count). The largest absolute Gasteiger partial charge is 0.311 e. The summed E-state index contributed by atoms with van der Waals surface area (Å²) in [6.45, 7) is 8.02. The Morgan fingerprint density at radius 3 is 2.22 bits per heavy atom. The number of para-hydroxylation sites is 4. The summed E-state index contributed by atoms with van der Waals surface area (Å²) < 4.78 is 2.36. The van der Waals surface area contributed by atoms with E-state index in [0.29, 0.717) is 16.7 Å². The lowest BCUT2D eigenvalue weighted by Gasteiger charge is -2.40. The van der Waals surface area contributed by atoms with Crippen molar-refractivity contribution < 1.29 is 0 Å². The van der Waals surface area contributed by atoms with Crippen LogP contribution in [0.15, 0.2) is 121 Å². The molecule has 0 spiro atoms. The second-order valence-corrected chi connectivity index (χ2v) is 11.4. The molecule has 0 saturated carbocycles. The summed E-state index contributed by atoms with van der Waals surface area (Å²) in [4.78, 5) is 6.12. The van der Waals surface area contributed by atoms with Gasteiger partial charge in [-0.25, -0.2) is 4.85 Å². The highest BCUT2D eigenvalue weighted by molar-refractivity contribution is 7.00. The van der Waals surface area contributed by atoms with Gasteiger partial charge < -0.3 is 9.47 Å². The molecule has 1 aromatic heterocycles. The third-order valence-electron chi connectivity index (χ3n) is 9.22. The van der Waals surface area contributed by atoms with Crippen LogP contribution in [0.25, 0.3) is 43.5 Å².